The van der Waals surface area contributed by atoms with Crippen LogP contribution in [0.3, 0.4) is 0 Å². The van der Waals surface area contributed by atoms with Gasteiger partial charge in [0, 0.05) is 6.04 Å². The molecule has 1 fully saturated rings. The van der Waals surface area contributed by atoms with Gasteiger partial charge in [0.05, 0.1) is 37.5 Å². The maximum Gasteiger partial charge on any atom is 0.244 e. The Balaban J connectivity index is 1.73. The molecule has 1 aromatic heterocycles. The molecule has 0 bridgehead atoms. The minimum absolute atomic E-state index is 0.113. The van der Waals surface area contributed by atoms with Gasteiger partial charge in [0.1, 0.15) is 11.5 Å². The van der Waals surface area contributed by atoms with E-state index >= 15 is 0 Å². The molecule has 0 amide bonds. The average Bonchev–Trinajstić information content (AvgIpc) is 3.46. The molecule has 0 unspecified atom stereocenters. The van der Waals surface area contributed by atoms with Crippen molar-refractivity contribution < 1.29 is 23.0 Å². The number of tetrazole rings is 1. The van der Waals surface area contributed by atoms with Crippen LogP contribution < -0.4 is 9.47 Å². The van der Waals surface area contributed by atoms with Crippen molar-refractivity contribution in [2.75, 3.05) is 20.8 Å². The normalized spacial score (nSPS) is 19.5. The third kappa shape index (κ3) is 3.87. The van der Waals surface area contributed by atoms with Gasteiger partial charge in [-0.15, -0.1) is 5.10 Å². The molecule has 2 atom stereocenters. The first-order valence-corrected chi connectivity index (χ1v) is 11.1. The third-order valence-electron chi connectivity index (χ3n) is 5.39. The van der Waals surface area contributed by atoms with Gasteiger partial charge in [0.15, 0.2) is 5.82 Å². The largest absolute Gasteiger partial charge is 0.497 e. The van der Waals surface area contributed by atoms with Gasteiger partial charge in [-0.25, -0.2) is 8.42 Å². The van der Waals surface area contributed by atoms with Crippen molar-refractivity contribution in [2.45, 2.75) is 29.8 Å². The Morgan fingerprint density at radius 2 is 1.61 bits per heavy atom. The first-order valence-electron chi connectivity index (χ1n) is 9.70. The van der Waals surface area contributed by atoms with E-state index in [9.17, 15) is 13.5 Å². The summed E-state index contributed by atoms with van der Waals surface area (Å²) in [5.41, 5.74) is 0.676. The number of hydrogen-bond donors (Lipinski definition) is 1. The van der Waals surface area contributed by atoms with Gasteiger partial charge in [0.25, 0.3) is 0 Å². The Kier molecular flexibility index (Phi) is 5.90. The van der Waals surface area contributed by atoms with Crippen molar-refractivity contribution in [1.82, 2.24) is 24.5 Å². The molecule has 0 aliphatic carbocycles. The molecular formula is C20H23N5O5S. The summed E-state index contributed by atoms with van der Waals surface area (Å²) >= 11 is 0. The number of hydrogen-bond acceptors (Lipinski definition) is 8. The van der Waals surface area contributed by atoms with Crippen LogP contribution >= 0.6 is 0 Å². The smallest absolute Gasteiger partial charge is 0.244 e. The zero-order valence-corrected chi connectivity index (χ0v) is 17.9. The van der Waals surface area contributed by atoms with Crippen molar-refractivity contribution in [2.24, 2.45) is 0 Å². The van der Waals surface area contributed by atoms with Crippen molar-refractivity contribution in [1.29, 1.82) is 0 Å². The molecule has 31 heavy (non-hydrogen) atoms. The topological polar surface area (TPSA) is 120 Å². The predicted molar refractivity (Wildman–Crippen MR) is 111 cm³/mol. The fraction of sp³-hybridized carbons (Fsp3) is 0.350. The summed E-state index contributed by atoms with van der Waals surface area (Å²) in [7, 11) is -0.830. The quantitative estimate of drug-likeness (QED) is 0.582. The molecule has 3 aromatic rings. The van der Waals surface area contributed by atoms with Gasteiger partial charge in [0.2, 0.25) is 10.0 Å². The van der Waals surface area contributed by atoms with E-state index in [1.165, 1.54) is 28.2 Å². The Labute approximate surface area is 180 Å². The van der Waals surface area contributed by atoms with Crippen molar-refractivity contribution in [3.8, 4) is 17.2 Å². The van der Waals surface area contributed by atoms with E-state index < -0.39 is 22.1 Å². The van der Waals surface area contributed by atoms with Gasteiger partial charge in [-0.1, -0.05) is 0 Å². The minimum atomic E-state index is -3.92. The molecule has 11 heteroatoms. The highest BCUT2D eigenvalue weighted by Crippen LogP contribution is 2.40. The van der Waals surface area contributed by atoms with E-state index in [0.29, 0.717) is 35.9 Å². The highest BCUT2D eigenvalue weighted by molar-refractivity contribution is 7.89. The van der Waals surface area contributed by atoms with Crippen LogP contribution in [-0.4, -0.2) is 64.9 Å². The molecule has 1 aliphatic rings. The molecule has 0 spiro atoms. The van der Waals surface area contributed by atoms with Crippen LogP contribution in [0.2, 0.25) is 0 Å². The molecule has 0 saturated carbocycles. The maximum atomic E-state index is 13.5. The molecule has 2 aromatic carbocycles. The number of nitrogens with zero attached hydrogens (tertiary/aromatic N) is 5. The van der Waals surface area contributed by atoms with Gasteiger partial charge in [-0.05, 0) is 71.8 Å². The summed E-state index contributed by atoms with van der Waals surface area (Å²) < 4.78 is 40.2. The Bertz CT molecular complexity index is 1130. The molecular weight excluding hydrogens is 422 g/mol. The highest BCUT2D eigenvalue weighted by Gasteiger charge is 2.45. The molecule has 1 saturated heterocycles. The minimum Gasteiger partial charge on any atom is -0.497 e. The molecule has 2 heterocycles. The molecule has 0 radical (unpaired) electrons. The lowest BCUT2D eigenvalue weighted by Crippen LogP contribution is -2.40. The van der Waals surface area contributed by atoms with Crippen LogP contribution in [0.15, 0.2) is 53.4 Å². The van der Waals surface area contributed by atoms with Crippen molar-refractivity contribution in [3.63, 3.8) is 0 Å². The van der Waals surface area contributed by atoms with E-state index in [0.717, 1.165) is 0 Å². The first-order chi connectivity index (χ1) is 15.0. The Morgan fingerprint density at radius 3 is 2.19 bits per heavy atom. The zero-order chi connectivity index (χ0) is 22.0. The van der Waals surface area contributed by atoms with Crippen LogP contribution in [0.4, 0.5) is 0 Å². The fourth-order valence-electron chi connectivity index (χ4n) is 3.82. The number of aromatic nitrogens is 4. The number of ether oxygens (including phenoxy) is 2. The summed E-state index contributed by atoms with van der Waals surface area (Å²) in [6.07, 6.45) is 0.975. The SMILES string of the molecule is COc1ccc(-n2nnnc2[C@@H]2CC[C@@H](CO)N2S(=O)(=O)c2ccc(OC)cc2)cc1. The van der Waals surface area contributed by atoms with Gasteiger partial charge >= 0.3 is 0 Å². The second kappa shape index (κ2) is 8.61. The first kappa shape index (κ1) is 21.2. The lowest BCUT2D eigenvalue weighted by Gasteiger charge is -2.28. The number of rotatable bonds is 7. The lowest BCUT2D eigenvalue weighted by atomic mass is 10.2. The van der Waals surface area contributed by atoms with Gasteiger partial charge in [-0.3, -0.25) is 0 Å². The summed E-state index contributed by atoms with van der Waals surface area (Å²) in [5, 5.41) is 21.9. The molecule has 10 nitrogen and oxygen atoms in total. The zero-order valence-electron chi connectivity index (χ0n) is 17.1. The number of sulfonamides is 1. The number of methoxy groups -OCH3 is 2. The predicted octanol–water partition coefficient (Wildman–Crippen LogP) is 1.57. The monoisotopic (exact) mass is 445 g/mol. The molecule has 1 N–H and O–H groups in total. The van der Waals surface area contributed by atoms with Gasteiger partial charge in [-0.2, -0.15) is 8.99 Å². The Morgan fingerprint density at radius 1 is 1.00 bits per heavy atom. The summed E-state index contributed by atoms with van der Waals surface area (Å²) in [6.45, 7) is -0.296. The standard InChI is InChI=1S/C20H23N5O5S/c1-29-16-6-3-14(4-7-16)24-20(21-22-23-24)19-12-5-15(13-26)25(19)31(27,28)18-10-8-17(30-2)9-11-18/h3-4,6-11,15,19,26H,5,12-13H2,1-2H3/t15-,19-/m0/s1. The highest BCUT2D eigenvalue weighted by atomic mass is 32.2. The van der Waals surface area contributed by atoms with E-state index in [4.69, 9.17) is 9.47 Å². The summed E-state index contributed by atoms with van der Waals surface area (Å²) in [5.74, 6) is 1.63. The third-order valence-corrected chi connectivity index (χ3v) is 7.37. The second-order valence-corrected chi connectivity index (χ2v) is 8.93. The molecule has 164 valence electrons. The fourth-order valence-corrected chi connectivity index (χ4v) is 5.64. The summed E-state index contributed by atoms with van der Waals surface area (Å²) in [4.78, 5) is 0.113. The van der Waals surface area contributed by atoms with Crippen LogP contribution in [0.25, 0.3) is 5.69 Å². The van der Waals surface area contributed by atoms with Crippen LogP contribution in [-0.2, 0) is 10.0 Å². The second-order valence-electron chi connectivity index (χ2n) is 7.09. The van der Waals surface area contributed by atoms with Gasteiger partial charge < -0.3 is 14.6 Å². The molecule has 4 rings (SSSR count). The average molecular weight is 446 g/mol. The van der Waals surface area contributed by atoms with Crippen LogP contribution in [0, 0.1) is 0 Å². The van der Waals surface area contributed by atoms with E-state index in [1.807, 2.05) is 0 Å². The van der Waals surface area contributed by atoms with Crippen molar-refractivity contribution in [3.05, 3.63) is 54.4 Å². The number of aliphatic hydroxyl groups is 1. The lowest BCUT2D eigenvalue weighted by molar-refractivity contribution is 0.195. The summed E-state index contributed by atoms with van der Waals surface area (Å²) in [6, 6.07) is 12.1. The Hall–Kier alpha value is -3.02. The molecule has 1 aliphatic heterocycles. The van der Waals surface area contributed by atoms with Crippen LogP contribution in [0.5, 0.6) is 11.5 Å². The number of benzene rings is 2. The van der Waals surface area contributed by atoms with E-state index in [1.54, 1.807) is 43.5 Å². The van der Waals surface area contributed by atoms with E-state index in [2.05, 4.69) is 15.5 Å². The number of aliphatic hydroxyl groups excluding tert-OH is 1. The van der Waals surface area contributed by atoms with E-state index in [-0.39, 0.29) is 11.5 Å². The van der Waals surface area contributed by atoms with Crippen LogP contribution in [0.1, 0.15) is 24.7 Å². The maximum absolute atomic E-state index is 13.5. The van der Waals surface area contributed by atoms with Crippen molar-refractivity contribution >= 4 is 10.0 Å².